The van der Waals surface area contributed by atoms with Gasteiger partial charge < -0.3 is 0 Å². The Morgan fingerprint density at radius 1 is 1.07 bits per heavy atom. The summed E-state index contributed by atoms with van der Waals surface area (Å²) in [5.74, 6) is -0.468. The molecule has 4 rings (SSSR count). The van der Waals surface area contributed by atoms with E-state index in [1.54, 1.807) is 0 Å². The van der Waals surface area contributed by atoms with Crippen molar-refractivity contribution in [1.29, 1.82) is 0 Å². The van der Waals surface area contributed by atoms with Gasteiger partial charge in [-0.15, -0.1) is 0 Å². The van der Waals surface area contributed by atoms with E-state index in [2.05, 4.69) is 0 Å². The summed E-state index contributed by atoms with van der Waals surface area (Å²) in [5, 5.41) is 0.0419. The van der Waals surface area contributed by atoms with Gasteiger partial charge in [0.05, 0.1) is 15.5 Å². The molecular formula is C22H19ClO4S2. The first-order chi connectivity index (χ1) is 13.8. The number of fused-ring (bicyclic) bond motifs is 2. The SMILES string of the molecule is CS(=O)(=O)c1ccc(C(=O)C2=C(Sc3ccccc3)[C@H]3CC[C@H](C3)C2=O)c(Cl)c1. The first-order valence-electron chi connectivity index (χ1n) is 9.31. The third-order valence-electron chi connectivity index (χ3n) is 5.48. The van der Waals surface area contributed by atoms with Gasteiger partial charge in [0.15, 0.2) is 21.4 Å². The average Bonchev–Trinajstić information content (AvgIpc) is 3.12. The summed E-state index contributed by atoms with van der Waals surface area (Å²) < 4.78 is 23.5. The lowest BCUT2D eigenvalue weighted by Crippen LogP contribution is -2.26. The number of thioether (sulfide) groups is 1. The van der Waals surface area contributed by atoms with Gasteiger partial charge in [0.25, 0.3) is 0 Å². The molecule has 0 spiro atoms. The highest BCUT2D eigenvalue weighted by Crippen LogP contribution is 2.50. The van der Waals surface area contributed by atoms with Crippen LogP contribution in [-0.2, 0) is 14.6 Å². The van der Waals surface area contributed by atoms with Gasteiger partial charge in [-0.3, -0.25) is 9.59 Å². The maximum absolute atomic E-state index is 13.4. The van der Waals surface area contributed by atoms with Gasteiger partial charge in [-0.25, -0.2) is 8.42 Å². The number of Topliss-reactive ketones (excluding diaryl/α,β-unsaturated/α-hetero) is 2. The highest BCUT2D eigenvalue weighted by molar-refractivity contribution is 8.03. The topological polar surface area (TPSA) is 68.3 Å². The Morgan fingerprint density at radius 3 is 2.41 bits per heavy atom. The molecule has 2 atom stereocenters. The molecular weight excluding hydrogens is 428 g/mol. The number of carbonyl (C=O) groups is 2. The van der Waals surface area contributed by atoms with Gasteiger partial charge in [-0.05, 0) is 55.5 Å². The molecule has 2 bridgehead atoms. The molecule has 2 aromatic rings. The predicted molar refractivity (Wildman–Crippen MR) is 114 cm³/mol. The summed E-state index contributed by atoms with van der Waals surface area (Å²) in [6.07, 6.45) is 3.55. The molecule has 0 heterocycles. The first kappa shape index (κ1) is 20.4. The van der Waals surface area contributed by atoms with Gasteiger partial charge in [0.2, 0.25) is 0 Å². The van der Waals surface area contributed by atoms with E-state index in [9.17, 15) is 18.0 Å². The molecule has 0 aliphatic heterocycles. The summed E-state index contributed by atoms with van der Waals surface area (Å²) in [4.78, 5) is 28.3. The maximum Gasteiger partial charge on any atom is 0.198 e. The van der Waals surface area contributed by atoms with Crippen LogP contribution >= 0.6 is 23.4 Å². The molecule has 0 radical (unpaired) electrons. The summed E-state index contributed by atoms with van der Waals surface area (Å²) >= 11 is 7.74. The minimum Gasteiger partial charge on any atom is -0.294 e. The molecule has 7 heteroatoms. The molecule has 0 saturated heterocycles. The van der Waals surface area contributed by atoms with Crippen LogP contribution in [0.1, 0.15) is 29.6 Å². The maximum atomic E-state index is 13.4. The van der Waals surface area contributed by atoms with Crippen molar-refractivity contribution in [2.75, 3.05) is 6.26 Å². The number of allylic oxidation sites excluding steroid dienone is 2. The molecule has 4 nitrogen and oxygen atoms in total. The molecule has 2 aromatic carbocycles. The van der Waals surface area contributed by atoms with Crippen LogP contribution in [-0.4, -0.2) is 26.2 Å². The smallest absolute Gasteiger partial charge is 0.198 e. The van der Waals surface area contributed by atoms with E-state index >= 15 is 0 Å². The first-order valence-corrected chi connectivity index (χ1v) is 12.4. The van der Waals surface area contributed by atoms with Crippen molar-refractivity contribution >= 4 is 44.8 Å². The number of carbonyl (C=O) groups excluding carboxylic acids is 2. The van der Waals surface area contributed by atoms with Crippen LogP contribution in [0.3, 0.4) is 0 Å². The zero-order valence-corrected chi connectivity index (χ0v) is 18.1. The Hall–Kier alpha value is -1.89. The molecule has 2 aliphatic rings. The molecule has 0 aromatic heterocycles. The molecule has 1 saturated carbocycles. The summed E-state index contributed by atoms with van der Waals surface area (Å²) in [7, 11) is -3.44. The number of benzene rings is 2. The third kappa shape index (κ3) is 3.93. The van der Waals surface area contributed by atoms with Crippen LogP contribution in [0.5, 0.6) is 0 Å². The van der Waals surface area contributed by atoms with Crippen LogP contribution in [0, 0.1) is 11.8 Å². The van der Waals surface area contributed by atoms with Crippen LogP contribution in [0.25, 0.3) is 0 Å². The minimum absolute atomic E-state index is 0.0419. The summed E-state index contributed by atoms with van der Waals surface area (Å²) in [6.45, 7) is 0. The number of hydrogen-bond donors (Lipinski definition) is 0. The van der Waals surface area contributed by atoms with Crippen molar-refractivity contribution in [3.63, 3.8) is 0 Å². The van der Waals surface area contributed by atoms with Gasteiger partial charge in [0.1, 0.15) is 0 Å². The molecule has 0 unspecified atom stereocenters. The van der Waals surface area contributed by atoms with Crippen molar-refractivity contribution in [1.82, 2.24) is 0 Å². The lowest BCUT2D eigenvalue weighted by Gasteiger charge is -2.24. The predicted octanol–water partition coefficient (Wildman–Crippen LogP) is 4.97. The van der Waals surface area contributed by atoms with Gasteiger partial charge in [-0.1, -0.05) is 41.6 Å². The highest BCUT2D eigenvalue weighted by Gasteiger charge is 2.43. The third-order valence-corrected chi connectivity index (χ3v) is 8.17. The zero-order chi connectivity index (χ0) is 20.8. The molecule has 0 amide bonds. The van der Waals surface area contributed by atoms with E-state index in [0.29, 0.717) is 0 Å². The molecule has 0 N–H and O–H groups in total. The number of halogens is 1. The van der Waals surface area contributed by atoms with Crippen LogP contribution < -0.4 is 0 Å². The van der Waals surface area contributed by atoms with Gasteiger partial charge in [-0.2, -0.15) is 0 Å². The molecule has 150 valence electrons. The Morgan fingerprint density at radius 2 is 1.76 bits per heavy atom. The lowest BCUT2D eigenvalue weighted by atomic mass is 9.84. The fraction of sp³-hybridized carbons (Fsp3) is 0.273. The Bertz CT molecular complexity index is 1140. The van der Waals surface area contributed by atoms with E-state index in [-0.39, 0.29) is 38.7 Å². The second-order valence-corrected chi connectivity index (χ2v) is 11.0. The van der Waals surface area contributed by atoms with Crippen LogP contribution in [0.4, 0.5) is 0 Å². The average molecular weight is 447 g/mol. The van der Waals surface area contributed by atoms with E-state index < -0.39 is 15.6 Å². The van der Waals surface area contributed by atoms with Crippen molar-refractivity contribution in [2.45, 2.75) is 29.1 Å². The van der Waals surface area contributed by atoms with E-state index in [0.717, 1.165) is 35.3 Å². The van der Waals surface area contributed by atoms with Crippen molar-refractivity contribution in [3.8, 4) is 0 Å². The molecule has 1 fully saturated rings. The highest BCUT2D eigenvalue weighted by atomic mass is 35.5. The number of sulfone groups is 1. The van der Waals surface area contributed by atoms with E-state index in [1.807, 2.05) is 30.3 Å². The second kappa shape index (κ2) is 7.74. The number of ketones is 2. The van der Waals surface area contributed by atoms with Gasteiger partial charge in [0, 0.05) is 27.5 Å². The monoisotopic (exact) mass is 446 g/mol. The lowest BCUT2D eigenvalue weighted by molar-refractivity contribution is -0.119. The minimum atomic E-state index is -3.44. The zero-order valence-electron chi connectivity index (χ0n) is 15.7. The Labute approximate surface area is 179 Å². The van der Waals surface area contributed by atoms with E-state index in [4.69, 9.17) is 11.6 Å². The van der Waals surface area contributed by atoms with Crippen LogP contribution in [0.2, 0.25) is 5.02 Å². The van der Waals surface area contributed by atoms with Gasteiger partial charge >= 0.3 is 0 Å². The van der Waals surface area contributed by atoms with Crippen molar-refractivity contribution in [2.24, 2.45) is 11.8 Å². The van der Waals surface area contributed by atoms with Crippen molar-refractivity contribution in [3.05, 3.63) is 69.6 Å². The fourth-order valence-electron chi connectivity index (χ4n) is 4.01. The Balaban J connectivity index is 1.79. The summed E-state index contributed by atoms with van der Waals surface area (Å²) in [5.41, 5.74) is 0.376. The molecule has 2 aliphatic carbocycles. The number of hydrogen-bond acceptors (Lipinski definition) is 5. The quantitative estimate of drug-likeness (QED) is 0.479. The summed E-state index contributed by atoms with van der Waals surface area (Å²) in [6, 6.07) is 13.7. The molecule has 29 heavy (non-hydrogen) atoms. The number of rotatable bonds is 5. The van der Waals surface area contributed by atoms with Crippen molar-refractivity contribution < 1.29 is 18.0 Å². The largest absolute Gasteiger partial charge is 0.294 e. The second-order valence-electron chi connectivity index (χ2n) is 7.47. The Kier molecular flexibility index (Phi) is 5.44. The normalized spacial score (nSPS) is 21.5. The van der Waals surface area contributed by atoms with Crippen LogP contribution in [0.15, 0.2) is 68.8 Å². The standard InChI is InChI=1S/C22H19ClO4S2/c1-29(26,27)16-9-10-17(18(23)12-16)21(25)19-20(24)13-7-8-14(11-13)22(19)28-15-5-3-2-4-6-15/h2-6,9-10,12-14H,7-8,11H2,1H3/t13-,14+/m1/s1. The fourth-order valence-corrected chi connectivity index (χ4v) is 6.21. The van der Waals surface area contributed by atoms with E-state index in [1.165, 1.54) is 30.0 Å².